The van der Waals surface area contributed by atoms with Crippen molar-refractivity contribution in [2.45, 2.75) is 199 Å². The zero-order chi connectivity index (χ0) is 37.1. The van der Waals surface area contributed by atoms with Crippen molar-refractivity contribution in [3.8, 4) is 0 Å². The maximum Gasteiger partial charge on any atom is 0.469 e. The molecule has 0 saturated carbocycles. The highest BCUT2D eigenvalue weighted by Crippen LogP contribution is 2.36. The minimum atomic E-state index is -4.79. The lowest BCUT2D eigenvalue weighted by Gasteiger charge is -2.18. The summed E-state index contributed by atoms with van der Waals surface area (Å²) in [6.45, 7) is 3.48. The number of carbonyl (C=O) groups is 2. The molecule has 0 bridgehead atoms. The van der Waals surface area contributed by atoms with Crippen molar-refractivity contribution >= 4 is 19.8 Å². The normalized spacial score (nSPS) is 14.0. The second-order valence-electron chi connectivity index (χ2n) is 13.6. The standard InChI is InChI=1S/C39H73O10P/c1-3-5-7-9-11-12-13-14-15-16-17-18-19-23-27-31-38(42)47-33-35(34-48-50(44,45)46)49-39(43)32-28-24-20-22-26-30-37(41)36(40)29-25-21-10-8-6-4-2/h14-15,21,25,35-37,40-41H,3-13,16-20,22-24,26-34H2,1-2H3,(H2,44,45,46)/b15-14-,25-21-/t35-,36+,37+/m1/s1. The lowest BCUT2D eigenvalue weighted by Crippen LogP contribution is -2.29. The van der Waals surface area contributed by atoms with E-state index in [0.29, 0.717) is 25.7 Å². The first-order chi connectivity index (χ1) is 24.1. The molecule has 0 spiro atoms. The zero-order valence-electron chi connectivity index (χ0n) is 31.5. The molecule has 50 heavy (non-hydrogen) atoms. The summed E-state index contributed by atoms with van der Waals surface area (Å²) in [5.41, 5.74) is 0. The molecule has 0 radical (unpaired) electrons. The maximum absolute atomic E-state index is 12.4. The molecule has 0 rings (SSSR count). The van der Waals surface area contributed by atoms with Crippen LogP contribution in [0.3, 0.4) is 0 Å². The van der Waals surface area contributed by atoms with Gasteiger partial charge in [-0.2, -0.15) is 0 Å². The minimum absolute atomic E-state index is 0.112. The number of carbonyl (C=O) groups excluding carboxylic acids is 2. The van der Waals surface area contributed by atoms with Crippen LogP contribution in [0.4, 0.5) is 0 Å². The summed E-state index contributed by atoms with van der Waals surface area (Å²) in [4.78, 5) is 42.8. The van der Waals surface area contributed by atoms with Crippen molar-refractivity contribution in [3.05, 3.63) is 24.3 Å². The van der Waals surface area contributed by atoms with E-state index in [2.05, 4.69) is 36.6 Å². The van der Waals surface area contributed by atoms with Crippen molar-refractivity contribution < 1.29 is 48.2 Å². The number of phosphoric ester groups is 1. The monoisotopic (exact) mass is 732 g/mol. The molecule has 0 aromatic carbocycles. The van der Waals surface area contributed by atoms with E-state index in [0.717, 1.165) is 70.6 Å². The minimum Gasteiger partial charge on any atom is -0.462 e. The predicted octanol–water partition coefficient (Wildman–Crippen LogP) is 9.57. The van der Waals surface area contributed by atoms with E-state index >= 15 is 0 Å². The summed E-state index contributed by atoms with van der Waals surface area (Å²) >= 11 is 0. The van der Waals surface area contributed by atoms with Gasteiger partial charge in [-0.25, -0.2) is 4.57 Å². The van der Waals surface area contributed by atoms with Crippen LogP contribution in [0.1, 0.15) is 181 Å². The van der Waals surface area contributed by atoms with Crippen LogP contribution in [0.15, 0.2) is 24.3 Å². The fraction of sp³-hybridized carbons (Fsp3) is 0.846. The van der Waals surface area contributed by atoms with Crippen LogP contribution in [-0.4, -0.2) is 63.5 Å². The number of rotatable bonds is 36. The van der Waals surface area contributed by atoms with Gasteiger partial charge in [0.15, 0.2) is 6.10 Å². The first-order valence-corrected chi connectivity index (χ1v) is 21.3. The lowest BCUT2D eigenvalue weighted by molar-refractivity contribution is -0.161. The molecular weight excluding hydrogens is 659 g/mol. The van der Waals surface area contributed by atoms with E-state index in [-0.39, 0.29) is 19.4 Å². The van der Waals surface area contributed by atoms with Crippen LogP contribution < -0.4 is 0 Å². The number of hydrogen-bond acceptors (Lipinski definition) is 8. The molecule has 0 aromatic rings. The molecule has 0 heterocycles. The van der Waals surface area contributed by atoms with Gasteiger partial charge in [0, 0.05) is 12.8 Å². The van der Waals surface area contributed by atoms with Gasteiger partial charge in [-0.15, -0.1) is 0 Å². The van der Waals surface area contributed by atoms with E-state index in [4.69, 9.17) is 19.3 Å². The van der Waals surface area contributed by atoms with Crippen molar-refractivity contribution in [2.75, 3.05) is 13.2 Å². The second kappa shape index (κ2) is 34.5. The zero-order valence-corrected chi connectivity index (χ0v) is 32.4. The Labute approximate surface area is 304 Å². The average molecular weight is 733 g/mol. The highest BCUT2D eigenvalue weighted by molar-refractivity contribution is 7.46. The molecular formula is C39H73O10P. The van der Waals surface area contributed by atoms with Crippen LogP contribution in [0.25, 0.3) is 0 Å². The van der Waals surface area contributed by atoms with Crippen molar-refractivity contribution in [2.24, 2.45) is 0 Å². The number of ether oxygens (including phenoxy) is 2. The van der Waals surface area contributed by atoms with E-state index in [9.17, 15) is 24.4 Å². The van der Waals surface area contributed by atoms with Gasteiger partial charge in [-0.05, 0) is 64.2 Å². The smallest absolute Gasteiger partial charge is 0.462 e. The number of unbranched alkanes of at least 4 members (excludes halogenated alkanes) is 18. The molecule has 0 aliphatic carbocycles. The highest BCUT2D eigenvalue weighted by Gasteiger charge is 2.23. The van der Waals surface area contributed by atoms with Crippen LogP contribution >= 0.6 is 7.82 Å². The number of hydrogen-bond donors (Lipinski definition) is 4. The predicted molar refractivity (Wildman–Crippen MR) is 201 cm³/mol. The number of esters is 2. The molecule has 0 aliphatic heterocycles. The molecule has 4 N–H and O–H groups in total. The Morgan fingerprint density at radius 3 is 1.62 bits per heavy atom. The number of aliphatic hydroxyl groups excluding tert-OH is 2. The summed E-state index contributed by atoms with van der Waals surface area (Å²) < 4.78 is 26.2. The third-order valence-corrected chi connectivity index (χ3v) is 9.13. The van der Waals surface area contributed by atoms with Gasteiger partial charge in [0.1, 0.15) is 6.61 Å². The van der Waals surface area contributed by atoms with Crippen LogP contribution in [0.5, 0.6) is 0 Å². The van der Waals surface area contributed by atoms with Gasteiger partial charge >= 0.3 is 19.8 Å². The Balaban J connectivity index is 4.08. The van der Waals surface area contributed by atoms with Gasteiger partial charge in [0.2, 0.25) is 0 Å². The molecule has 0 aliphatic rings. The molecule has 10 nitrogen and oxygen atoms in total. The SMILES string of the molecule is CCCCC/C=C\C[C@H](O)[C@@H](O)CCCCCCCC(=O)O[C@H](COC(=O)CCCCCCC/C=C\CCCCCCCC)COP(=O)(O)O. The first-order valence-electron chi connectivity index (χ1n) is 19.8. The maximum atomic E-state index is 12.4. The van der Waals surface area contributed by atoms with E-state index in [1.165, 1.54) is 57.8 Å². The molecule has 0 saturated heterocycles. The fourth-order valence-electron chi connectivity index (χ4n) is 5.51. The summed E-state index contributed by atoms with van der Waals surface area (Å²) in [5, 5.41) is 20.3. The van der Waals surface area contributed by atoms with Crippen molar-refractivity contribution in [1.29, 1.82) is 0 Å². The van der Waals surface area contributed by atoms with Gasteiger partial charge in [0.05, 0.1) is 18.8 Å². The Morgan fingerprint density at radius 2 is 1.04 bits per heavy atom. The molecule has 0 fully saturated rings. The van der Waals surface area contributed by atoms with Crippen molar-refractivity contribution in [1.82, 2.24) is 0 Å². The van der Waals surface area contributed by atoms with Gasteiger partial charge in [0.25, 0.3) is 0 Å². The van der Waals surface area contributed by atoms with Gasteiger partial charge in [-0.1, -0.05) is 128 Å². The Hall–Kier alpha value is -1.55. The van der Waals surface area contributed by atoms with Crippen LogP contribution in [0.2, 0.25) is 0 Å². The molecule has 0 unspecified atom stereocenters. The van der Waals surface area contributed by atoms with E-state index in [1.807, 2.05) is 6.08 Å². The average Bonchev–Trinajstić information content (AvgIpc) is 3.08. The molecule has 294 valence electrons. The third-order valence-electron chi connectivity index (χ3n) is 8.64. The topological polar surface area (TPSA) is 160 Å². The summed E-state index contributed by atoms with van der Waals surface area (Å²) in [7, 11) is -4.79. The summed E-state index contributed by atoms with van der Waals surface area (Å²) in [6, 6.07) is 0. The fourth-order valence-corrected chi connectivity index (χ4v) is 5.87. The Kier molecular flexibility index (Phi) is 33.5. The molecule has 0 aromatic heterocycles. The Morgan fingerprint density at radius 1 is 0.580 bits per heavy atom. The first kappa shape index (κ1) is 48.5. The second-order valence-corrected chi connectivity index (χ2v) is 14.8. The number of phosphoric acid groups is 1. The third kappa shape index (κ3) is 34.9. The van der Waals surface area contributed by atoms with E-state index in [1.54, 1.807) is 0 Å². The Bertz CT molecular complexity index is 903. The summed E-state index contributed by atoms with van der Waals surface area (Å²) in [6.07, 6.45) is 30.6. The van der Waals surface area contributed by atoms with Gasteiger partial charge in [-0.3, -0.25) is 14.1 Å². The molecule has 3 atom stereocenters. The molecule has 0 amide bonds. The number of allylic oxidation sites excluding steroid dienone is 3. The molecule has 11 heteroatoms. The summed E-state index contributed by atoms with van der Waals surface area (Å²) in [5.74, 6) is -1.00. The largest absolute Gasteiger partial charge is 0.469 e. The highest BCUT2D eigenvalue weighted by atomic mass is 31.2. The van der Waals surface area contributed by atoms with Crippen LogP contribution in [-0.2, 0) is 28.2 Å². The van der Waals surface area contributed by atoms with Crippen LogP contribution in [0, 0.1) is 0 Å². The quantitative estimate of drug-likeness (QED) is 0.0211. The lowest BCUT2D eigenvalue weighted by atomic mass is 10.0. The number of aliphatic hydroxyl groups is 2. The van der Waals surface area contributed by atoms with E-state index < -0.39 is 44.7 Å². The van der Waals surface area contributed by atoms with Crippen molar-refractivity contribution in [3.63, 3.8) is 0 Å². The van der Waals surface area contributed by atoms with Gasteiger partial charge < -0.3 is 29.5 Å².